The first kappa shape index (κ1) is 11.0. The predicted octanol–water partition coefficient (Wildman–Crippen LogP) is 3.34. The molecule has 0 heterocycles. The molecule has 0 aliphatic heterocycles. The molecule has 0 aromatic heterocycles. The highest BCUT2D eigenvalue weighted by molar-refractivity contribution is 4.85. The van der Waals surface area contributed by atoms with Crippen molar-refractivity contribution < 1.29 is 0 Å². The van der Waals surface area contributed by atoms with Gasteiger partial charge in [0, 0.05) is 12.6 Å². The molecule has 0 saturated heterocycles. The van der Waals surface area contributed by atoms with Crippen molar-refractivity contribution in [2.75, 3.05) is 6.54 Å². The summed E-state index contributed by atoms with van der Waals surface area (Å²) in [7, 11) is 0. The highest BCUT2D eigenvalue weighted by atomic mass is 15.0. The maximum absolute atomic E-state index is 3.67. The first-order valence-corrected chi connectivity index (χ1v) is 5.93. The molecule has 0 bridgehead atoms. The molecule has 1 aliphatic carbocycles. The molecule has 1 rings (SSSR count). The molecule has 0 atom stereocenters. The standard InChI is InChI=1S/C12H25N/c1-4-8-12(3,9-5-2)10-13-11-6-7-11/h11,13H,4-10H2,1-3H3. The van der Waals surface area contributed by atoms with Gasteiger partial charge in [-0.2, -0.15) is 0 Å². The SMILES string of the molecule is CCCC(C)(CCC)CNC1CC1. The van der Waals surface area contributed by atoms with Crippen molar-refractivity contribution in [2.24, 2.45) is 5.41 Å². The second kappa shape index (κ2) is 4.99. The van der Waals surface area contributed by atoms with Gasteiger partial charge >= 0.3 is 0 Å². The summed E-state index contributed by atoms with van der Waals surface area (Å²) in [5.41, 5.74) is 0.562. The minimum Gasteiger partial charge on any atom is -0.313 e. The lowest BCUT2D eigenvalue weighted by Gasteiger charge is -2.29. The molecule has 13 heavy (non-hydrogen) atoms. The van der Waals surface area contributed by atoms with Crippen LogP contribution in [0.2, 0.25) is 0 Å². The van der Waals surface area contributed by atoms with Gasteiger partial charge in [0.25, 0.3) is 0 Å². The molecule has 0 aromatic rings. The fraction of sp³-hybridized carbons (Fsp3) is 1.00. The van der Waals surface area contributed by atoms with E-state index in [0.717, 1.165) is 6.04 Å². The van der Waals surface area contributed by atoms with Gasteiger partial charge in [-0.25, -0.2) is 0 Å². The highest BCUT2D eigenvalue weighted by Gasteiger charge is 2.27. The fourth-order valence-corrected chi connectivity index (χ4v) is 2.19. The lowest BCUT2D eigenvalue weighted by Crippen LogP contribution is -2.33. The lowest BCUT2D eigenvalue weighted by molar-refractivity contribution is 0.252. The summed E-state index contributed by atoms with van der Waals surface area (Å²) in [6, 6.07) is 0.869. The fourth-order valence-electron chi connectivity index (χ4n) is 2.19. The molecule has 1 N–H and O–H groups in total. The number of nitrogens with one attached hydrogen (secondary N) is 1. The van der Waals surface area contributed by atoms with Crippen LogP contribution in [0.5, 0.6) is 0 Å². The van der Waals surface area contributed by atoms with Crippen molar-refractivity contribution >= 4 is 0 Å². The van der Waals surface area contributed by atoms with E-state index in [2.05, 4.69) is 26.1 Å². The van der Waals surface area contributed by atoms with E-state index in [1.54, 1.807) is 0 Å². The van der Waals surface area contributed by atoms with Crippen molar-refractivity contribution in [3.8, 4) is 0 Å². The van der Waals surface area contributed by atoms with Crippen LogP contribution in [0, 0.1) is 5.41 Å². The van der Waals surface area contributed by atoms with E-state index in [9.17, 15) is 0 Å². The maximum atomic E-state index is 3.67. The summed E-state index contributed by atoms with van der Waals surface area (Å²) in [5, 5.41) is 3.67. The van der Waals surface area contributed by atoms with Gasteiger partial charge < -0.3 is 5.32 Å². The molecule has 0 aromatic carbocycles. The molecule has 0 amide bonds. The van der Waals surface area contributed by atoms with Crippen LogP contribution in [0.25, 0.3) is 0 Å². The van der Waals surface area contributed by atoms with E-state index >= 15 is 0 Å². The number of hydrogen-bond acceptors (Lipinski definition) is 1. The molecule has 1 fully saturated rings. The quantitative estimate of drug-likeness (QED) is 0.638. The molecular weight excluding hydrogens is 158 g/mol. The van der Waals surface area contributed by atoms with Crippen molar-refractivity contribution in [1.29, 1.82) is 0 Å². The molecule has 78 valence electrons. The first-order chi connectivity index (χ1) is 6.20. The third kappa shape index (κ3) is 4.12. The van der Waals surface area contributed by atoms with Gasteiger partial charge in [0.15, 0.2) is 0 Å². The first-order valence-electron chi connectivity index (χ1n) is 5.93. The molecule has 0 radical (unpaired) electrons. The van der Waals surface area contributed by atoms with E-state index < -0.39 is 0 Å². The van der Waals surface area contributed by atoms with Gasteiger partial charge in [0.05, 0.1) is 0 Å². The summed E-state index contributed by atoms with van der Waals surface area (Å²) in [6.45, 7) is 8.27. The summed E-state index contributed by atoms with van der Waals surface area (Å²) in [6.07, 6.45) is 8.22. The second-order valence-corrected chi connectivity index (χ2v) is 4.97. The Kier molecular flexibility index (Phi) is 4.24. The third-order valence-corrected chi connectivity index (χ3v) is 3.10. The lowest BCUT2D eigenvalue weighted by atomic mass is 9.81. The van der Waals surface area contributed by atoms with Crippen LogP contribution in [0.4, 0.5) is 0 Å². The van der Waals surface area contributed by atoms with E-state index in [4.69, 9.17) is 0 Å². The Labute approximate surface area is 83.3 Å². The Hall–Kier alpha value is -0.0400. The van der Waals surface area contributed by atoms with Crippen LogP contribution in [-0.2, 0) is 0 Å². The molecule has 1 aliphatic rings. The zero-order valence-electron chi connectivity index (χ0n) is 9.53. The maximum Gasteiger partial charge on any atom is 0.00684 e. The van der Waals surface area contributed by atoms with Crippen LogP contribution in [0.3, 0.4) is 0 Å². The van der Waals surface area contributed by atoms with Crippen LogP contribution in [0.15, 0.2) is 0 Å². The van der Waals surface area contributed by atoms with E-state index in [1.807, 2.05) is 0 Å². The monoisotopic (exact) mass is 183 g/mol. The van der Waals surface area contributed by atoms with Crippen molar-refractivity contribution in [3.05, 3.63) is 0 Å². The van der Waals surface area contributed by atoms with Gasteiger partial charge in [0.1, 0.15) is 0 Å². The second-order valence-electron chi connectivity index (χ2n) is 4.97. The van der Waals surface area contributed by atoms with Gasteiger partial charge in [-0.05, 0) is 31.1 Å². The van der Waals surface area contributed by atoms with Gasteiger partial charge in [-0.1, -0.05) is 33.6 Å². The van der Waals surface area contributed by atoms with Crippen molar-refractivity contribution in [3.63, 3.8) is 0 Å². The summed E-state index contributed by atoms with van der Waals surface area (Å²) >= 11 is 0. The van der Waals surface area contributed by atoms with Crippen molar-refractivity contribution in [1.82, 2.24) is 5.32 Å². The predicted molar refractivity (Wildman–Crippen MR) is 58.9 cm³/mol. The molecule has 0 unspecified atom stereocenters. The minimum atomic E-state index is 0.562. The molecular formula is C12H25N. The highest BCUT2D eigenvalue weighted by Crippen LogP contribution is 2.30. The Bertz CT molecular complexity index is 132. The van der Waals surface area contributed by atoms with Crippen molar-refractivity contribution in [2.45, 2.75) is 65.3 Å². The Balaban J connectivity index is 2.24. The zero-order chi connectivity index (χ0) is 9.73. The smallest absolute Gasteiger partial charge is 0.00684 e. The van der Waals surface area contributed by atoms with E-state index in [0.29, 0.717) is 5.41 Å². The van der Waals surface area contributed by atoms with E-state index in [-0.39, 0.29) is 0 Å². The number of hydrogen-bond donors (Lipinski definition) is 1. The van der Waals surface area contributed by atoms with Gasteiger partial charge in [0.2, 0.25) is 0 Å². The van der Waals surface area contributed by atoms with Crippen LogP contribution in [0.1, 0.15) is 59.3 Å². The normalized spacial score (nSPS) is 17.8. The summed E-state index contributed by atoms with van der Waals surface area (Å²) in [5.74, 6) is 0. The minimum absolute atomic E-state index is 0.562. The summed E-state index contributed by atoms with van der Waals surface area (Å²) in [4.78, 5) is 0. The Morgan fingerprint density at radius 3 is 2.08 bits per heavy atom. The largest absolute Gasteiger partial charge is 0.313 e. The molecule has 1 saturated carbocycles. The average Bonchev–Trinajstić information content (AvgIpc) is 2.85. The Morgan fingerprint density at radius 2 is 1.69 bits per heavy atom. The van der Waals surface area contributed by atoms with E-state index in [1.165, 1.54) is 45.1 Å². The van der Waals surface area contributed by atoms with Crippen LogP contribution in [-0.4, -0.2) is 12.6 Å². The molecule has 0 spiro atoms. The van der Waals surface area contributed by atoms with Crippen LogP contribution < -0.4 is 5.32 Å². The molecule has 1 heteroatoms. The summed E-state index contributed by atoms with van der Waals surface area (Å²) < 4.78 is 0. The Morgan fingerprint density at radius 1 is 1.15 bits per heavy atom. The molecule has 1 nitrogen and oxygen atoms in total. The van der Waals surface area contributed by atoms with Crippen LogP contribution >= 0.6 is 0 Å². The average molecular weight is 183 g/mol. The zero-order valence-corrected chi connectivity index (χ0v) is 9.53. The number of rotatable bonds is 7. The topological polar surface area (TPSA) is 12.0 Å². The van der Waals surface area contributed by atoms with Gasteiger partial charge in [-0.15, -0.1) is 0 Å². The third-order valence-electron chi connectivity index (χ3n) is 3.10. The van der Waals surface area contributed by atoms with Gasteiger partial charge in [-0.3, -0.25) is 0 Å².